The Morgan fingerprint density at radius 3 is 2.79 bits per heavy atom. The minimum absolute atomic E-state index is 0.112. The van der Waals surface area contributed by atoms with Crippen LogP contribution in [-0.2, 0) is 11.3 Å². The summed E-state index contributed by atoms with van der Waals surface area (Å²) in [5, 5.41) is 11.6. The summed E-state index contributed by atoms with van der Waals surface area (Å²) in [5.74, 6) is 1.40. The first-order valence-electron chi connectivity index (χ1n) is 11.8. The Bertz CT molecular complexity index is 1120. The highest BCUT2D eigenvalue weighted by Crippen LogP contribution is 2.41. The molecule has 1 spiro atoms. The van der Waals surface area contributed by atoms with Crippen molar-refractivity contribution in [3.05, 3.63) is 53.5 Å². The zero-order valence-corrected chi connectivity index (χ0v) is 19.2. The van der Waals surface area contributed by atoms with Gasteiger partial charge in [0.1, 0.15) is 23.8 Å². The van der Waals surface area contributed by atoms with Crippen molar-refractivity contribution in [3.63, 3.8) is 0 Å². The summed E-state index contributed by atoms with van der Waals surface area (Å²) in [6, 6.07) is 7.61. The van der Waals surface area contributed by atoms with Crippen molar-refractivity contribution >= 4 is 6.01 Å². The monoisotopic (exact) mass is 469 g/mol. The molecule has 2 aromatic heterocycles. The number of hydrogen-bond donors (Lipinski definition) is 0. The number of halogens is 1. The lowest BCUT2D eigenvalue weighted by atomic mass is 9.86. The molecule has 3 saturated heterocycles. The molecule has 0 amide bonds. The van der Waals surface area contributed by atoms with Gasteiger partial charge in [-0.2, -0.15) is 0 Å². The van der Waals surface area contributed by atoms with Crippen molar-refractivity contribution in [1.82, 2.24) is 20.3 Å². The van der Waals surface area contributed by atoms with Crippen LogP contribution in [0.5, 0.6) is 5.75 Å². The van der Waals surface area contributed by atoms with Crippen LogP contribution < -0.4 is 9.64 Å². The molecule has 10 heteroatoms. The summed E-state index contributed by atoms with van der Waals surface area (Å²) in [7, 11) is 0. The number of rotatable bonds is 6. The van der Waals surface area contributed by atoms with Gasteiger partial charge in [-0.05, 0) is 63.4 Å². The van der Waals surface area contributed by atoms with Crippen LogP contribution in [-0.4, -0.2) is 64.7 Å². The lowest BCUT2D eigenvalue weighted by Gasteiger charge is -2.46. The Morgan fingerprint density at radius 1 is 1.21 bits per heavy atom. The molecule has 5 heterocycles. The van der Waals surface area contributed by atoms with Gasteiger partial charge in [-0.25, -0.2) is 4.39 Å². The van der Waals surface area contributed by atoms with Crippen LogP contribution in [0.15, 0.2) is 39.6 Å². The Kier molecular flexibility index (Phi) is 5.49. The lowest BCUT2D eigenvalue weighted by molar-refractivity contribution is -0.0216. The normalized spacial score (nSPS) is 22.9. The molecule has 1 unspecified atom stereocenters. The largest absolute Gasteiger partial charge is 0.485 e. The SMILES string of the molecule is Cc1cc(COc2ccc(F)cc2C2CCN(C3COC4(C3)CN(c3nnco3)C4)CC2)on1. The number of benzene rings is 1. The van der Waals surface area contributed by atoms with Crippen molar-refractivity contribution in [2.45, 2.75) is 50.4 Å². The lowest BCUT2D eigenvalue weighted by Crippen LogP contribution is -2.62. The highest BCUT2D eigenvalue weighted by atomic mass is 19.1. The van der Waals surface area contributed by atoms with Crippen LogP contribution in [0.1, 0.15) is 42.2 Å². The fraction of sp³-hybridized carbons (Fsp3) is 0.542. The third-order valence-electron chi connectivity index (χ3n) is 7.27. The number of nitrogens with zero attached hydrogens (tertiary/aromatic N) is 5. The summed E-state index contributed by atoms with van der Waals surface area (Å²) in [6.07, 6.45) is 4.28. The van der Waals surface area contributed by atoms with Crippen molar-refractivity contribution in [3.8, 4) is 5.75 Å². The smallest absolute Gasteiger partial charge is 0.318 e. The molecule has 0 bridgehead atoms. The van der Waals surface area contributed by atoms with E-state index < -0.39 is 0 Å². The van der Waals surface area contributed by atoms with Crippen molar-refractivity contribution in [2.75, 3.05) is 37.7 Å². The predicted octanol–water partition coefficient (Wildman–Crippen LogP) is 3.31. The van der Waals surface area contributed by atoms with Gasteiger partial charge in [0.05, 0.1) is 25.4 Å². The topological polar surface area (TPSA) is 89.9 Å². The van der Waals surface area contributed by atoms with Gasteiger partial charge in [-0.15, -0.1) is 5.10 Å². The average molecular weight is 470 g/mol. The molecule has 0 radical (unpaired) electrons. The van der Waals surface area contributed by atoms with Gasteiger partial charge in [0.25, 0.3) is 0 Å². The van der Waals surface area contributed by atoms with Crippen molar-refractivity contribution in [2.24, 2.45) is 0 Å². The number of ether oxygens (including phenoxy) is 2. The van der Waals surface area contributed by atoms with E-state index in [0.29, 0.717) is 23.6 Å². The van der Waals surface area contributed by atoms with Gasteiger partial charge in [0, 0.05) is 17.7 Å². The van der Waals surface area contributed by atoms with Crippen LogP contribution >= 0.6 is 0 Å². The second-order valence-electron chi connectivity index (χ2n) is 9.65. The Balaban J connectivity index is 1.05. The van der Waals surface area contributed by atoms with Gasteiger partial charge < -0.3 is 23.3 Å². The fourth-order valence-electron chi connectivity index (χ4n) is 5.54. The van der Waals surface area contributed by atoms with E-state index in [1.807, 2.05) is 13.0 Å². The van der Waals surface area contributed by atoms with E-state index >= 15 is 0 Å². The van der Waals surface area contributed by atoms with E-state index in [1.165, 1.54) is 12.5 Å². The molecular weight excluding hydrogens is 441 g/mol. The molecule has 0 N–H and O–H groups in total. The number of likely N-dealkylation sites (tertiary alicyclic amines) is 1. The average Bonchev–Trinajstić information content (AvgIpc) is 3.58. The molecule has 1 aromatic carbocycles. The van der Waals surface area contributed by atoms with Gasteiger partial charge in [0.15, 0.2) is 5.76 Å². The Labute approximate surface area is 196 Å². The molecule has 3 fully saturated rings. The first-order valence-corrected chi connectivity index (χ1v) is 11.8. The van der Waals surface area contributed by atoms with E-state index in [0.717, 1.165) is 63.3 Å². The highest BCUT2D eigenvalue weighted by molar-refractivity contribution is 5.38. The molecule has 3 aliphatic rings. The first-order chi connectivity index (χ1) is 16.6. The minimum Gasteiger partial charge on any atom is -0.485 e. The van der Waals surface area contributed by atoms with E-state index in [-0.39, 0.29) is 23.9 Å². The Morgan fingerprint density at radius 2 is 2.06 bits per heavy atom. The summed E-state index contributed by atoms with van der Waals surface area (Å²) in [5.41, 5.74) is 1.63. The van der Waals surface area contributed by atoms with Crippen LogP contribution in [0.25, 0.3) is 0 Å². The zero-order valence-electron chi connectivity index (χ0n) is 19.2. The second-order valence-corrected chi connectivity index (χ2v) is 9.65. The minimum atomic E-state index is -0.234. The van der Waals surface area contributed by atoms with E-state index in [1.54, 1.807) is 12.1 Å². The summed E-state index contributed by atoms with van der Waals surface area (Å²) in [6.45, 7) is 6.39. The summed E-state index contributed by atoms with van der Waals surface area (Å²) < 4.78 is 36.9. The summed E-state index contributed by atoms with van der Waals surface area (Å²) in [4.78, 5) is 4.59. The maximum Gasteiger partial charge on any atom is 0.318 e. The van der Waals surface area contributed by atoms with Gasteiger partial charge >= 0.3 is 6.01 Å². The van der Waals surface area contributed by atoms with E-state index in [9.17, 15) is 4.39 Å². The second kappa shape index (κ2) is 8.66. The maximum atomic E-state index is 14.1. The van der Waals surface area contributed by atoms with Crippen LogP contribution in [0.3, 0.4) is 0 Å². The molecule has 3 aromatic rings. The van der Waals surface area contributed by atoms with Crippen molar-refractivity contribution in [1.29, 1.82) is 0 Å². The molecule has 1 atom stereocenters. The van der Waals surface area contributed by atoms with Crippen molar-refractivity contribution < 1.29 is 22.8 Å². The van der Waals surface area contributed by atoms with E-state index in [4.69, 9.17) is 18.4 Å². The molecule has 0 saturated carbocycles. The fourth-order valence-corrected chi connectivity index (χ4v) is 5.54. The molecule has 9 nitrogen and oxygen atoms in total. The predicted molar refractivity (Wildman–Crippen MR) is 119 cm³/mol. The molecule has 6 rings (SSSR count). The Hall–Kier alpha value is -2.98. The molecule has 3 aliphatic heterocycles. The van der Waals surface area contributed by atoms with Crippen LogP contribution in [0.4, 0.5) is 10.4 Å². The standard InChI is InChI=1S/C24H28FN5O4/c1-16-8-20(34-28-16)12-31-22-3-2-18(25)9-21(22)17-4-6-29(7-5-17)19-10-24(33-11-19)13-30(14-24)23-27-26-15-32-23/h2-3,8-9,15,17,19H,4-7,10-14H2,1H3. The number of aryl methyl sites for hydroxylation is 1. The molecule has 0 aliphatic carbocycles. The number of anilines is 1. The zero-order chi connectivity index (χ0) is 23.1. The maximum absolute atomic E-state index is 14.1. The number of piperidine rings is 1. The number of hydrogen-bond acceptors (Lipinski definition) is 9. The van der Waals surface area contributed by atoms with Gasteiger partial charge in [-0.3, -0.25) is 4.90 Å². The first kappa shape index (κ1) is 21.5. The third kappa shape index (κ3) is 4.16. The van der Waals surface area contributed by atoms with Crippen LogP contribution in [0, 0.1) is 12.7 Å². The van der Waals surface area contributed by atoms with E-state index in [2.05, 4.69) is 25.2 Å². The van der Waals surface area contributed by atoms with Crippen LogP contribution in [0.2, 0.25) is 0 Å². The van der Waals surface area contributed by atoms with Gasteiger partial charge in [-0.1, -0.05) is 10.3 Å². The molecule has 34 heavy (non-hydrogen) atoms. The third-order valence-corrected chi connectivity index (χ3v) is 7.27. The molecule has 180 valence electrons. The quantitative estimate of drug-likeness (QED) is 0.539. The summed E-state index contributed by atoms with van der Waals surface area (Å²) >= 11 is 0. The highest BCUT2D eigenvalue weighted by Gasteiger charge is 2.52. The number of aromatic nitrogens is 3. The molecular formula is C24H28FN5O4. The van der Waals surface area contributed by atoms with Gasteiger partial charge in [0.2, 0.25) is 6.39 Å².